The number of aryl methyl sites for hydroxylation is 2. The number of nitrogens with zero attached hydrogens (tertiary/aromatic N) is 1. The minimum atomic E-state index is -0.740. The fourth-order valence-electron chi connectivity index (χ4n) is 3.97. The van der Waals surface area contributed by atoms with Gasteiger partial charge in [0.25, 0.3) is 5.56 Å². The van der Waals surface area contributed by atoms with E-state index < -0.39 is 5.92 Å². The zero-order valence-corrected chi connectivity index (χ0v) is 15.8. The lowest BCUT2D eigenvalue weighted by Crippen LogP contribution is -2.35. The molecule has 1 aromatic heterocycles. The van der Waals surface area contributed by atoms with Crippen molar-refractivity contribution >= 4 is 11.6 Å². The van der Waals surface area contributed by atoms with Crippen molar-refractivity contribution < 1.29 is 14.3 Å². The summed E-state index contributed by atoms with van der Waals surface area (Å²) in [5.74, 6) is -1.05. The molecule has 6 heteroatoms. The number of hydrogen-bond donors (Lipinski definition) is 1. The summed E-state index contributed by atoms with van der Waals surface area (Å²) in [6, 6.07) is 14.2. The average Bonchev–Trinajstić information content (AvgIpc) is 2.71. The zero-order valence-electron chi connectivity index (χ0n) is 15.8. The van der Waals surface area contributed by atoms with Crippen molar-refractivity contribution in [3.8, 4) is 5.88 Å². The number of H-pyrrole nitrogens is 1. The van der Waals surface area contributed by atoms with E-state index in [0.717, 1.165) is 11.1 Å². The van der Waals surface area contributed by atoms with E-state index in [2.05, 4.69) is 9.97 Å². The van der Waals surface area contributed by atoms with Crippen LogP contribution in [0.15, 0.2) is 64.7 Å². The van der Waals surface area contributed by atoms with Gasteiger partial charge in [-0.2, -0.15) is 4.98 Å². The van der Waals surface area contributed by atoms with Crippen molar-refractivity contribution in [2.24, 2.45) is 0 Å². The number of ether oxygens (including phenoxy) is 1. The number of allylic oxidation sites excluding steroid dienone is 2. The van der Waals surface area contributed by atoms with E-state index in [1.165, 1.54) is 0 Å². The van der Waals surface area contributed by atoms with E-state index in [4.69, 9.17) is 4.74 Å². The Kier molecular flexibility index (Phi) is 3.64. The van der Waals surface area contributed by atoms with Gasteiger partial charge in [-0.1, -0.05) is 54.1 Å². The number of carbonyl (C=O) groups is 2. The molecule has 1 unspecified atom stereocenters. The lowest BCUT2D eigenvalue weighted by Gasteiger charge is -2.31. The molecule has 5 rings (SSSR count). The Labute approximate surface area is 165 Å². The van der Waals surface area contributed by atoms with Gasteiger partial charge in [-0.25, -0.2) is 0 Å². The van der Waals surface area contributed by atoms with Crippen LogP contribution < -0.4 is 10.3 Å². The number of Topliss-reactive ketones (excluding diaryl/α,β-unsaturated/α-hetero) is 2. The first-order valence-electron chi connectivity index (χ1n) is 9.23. The van der Waals surface area contributed by atoms with Crippen LogP contribution in [0.25, 0.3) is 0 Å². The molecule has 0 bridgehead atoms. The lowest BCUT2D eigenvalue weighted by atomic mass is 9.75. The van der Waals surface area contributed by atoms with Gasteiger partial charge in [0.1, 0.15) is 5.82 Å². The van der Waals surface area contributed by atoms with Gasteiger partial charge < -0.3 is 9.72 Å². The fourth-order valence-corrected chi connectivity index (χ4v) is 3.97. The van der Waals surface area contributed by atoms with Gasteiger partial charge in [0, 0.05) is 11.1 Å². The number of fused-ring (bicyclic) bond motifs is 2. The summed E-state index contributed by atoms with van der Waals surface area (Å²) in [6.07, 6.45) is 0. The molecule has 6 nitrogen and oxygen atoms in total. The summed E-state index contributed by atoms with van der Waals surface area (Å²) in [4.78, 5) is 46.4. The maximum Gasteiger partial charge on any atom is 0.258 e. The highest BCUT2D eigenvalue weighted by Crippen LogP contribution is 2.44. The lowest BCUT2D eigenvalue weighted by molar-refractivity contribution is 0.0924. The highest BCUT2D eigenvalue weighted by atomic mass is 16.5. The number of benzene rings is 2. The second kappa shape index (κ2) is 6.10. The molecule has 29 heavy (non-hydrogen) atoms. The summed E-state index contributed by atoms with van der Waals surface area (Å²) < 4.78 is 5.79. The Morgan fingerprint density at radius 2 is 1.55 bits per heavy atom. The first-order valence-corrected chi connectivity index (χ1v) is 9.23. The molecule has 2 aliphatic rings. The summed E-state index contributed by atoms with van der Waals surface area (Å²) >= 11 is 0. The zero-order chi connectivity index (χ0) is 20.3. The van der Waals surface area contributed by atoms with Gasteiger partial charge in [0.2, 0.25) is 11.7 Å². The molecule has 1 aliphatic heterocycles. The predicted octanol–water partition coefficient (Wildman–Crippen LogP) is 3.24. The van der Waals surface area contributed by atoms with Crippen LogP contribution in [-0.4, -0.2) is 21.5 Å². The van der Waals surface area contributed by atoms with Gasteiger partial charge in [0.15, 0.2) is 11.5 Å². The van der Waals surface area contributed by atoms with Gasteiger partial charge in [-0.05, 0) is 19.4 Å². The standard InChI is InChI=1S/C23H16N2O4/c1-11-7-9-13(10-8-11)16-17-19(26)14-5-3-4-6-15(14)20(27)21(17)29-23-18(16)22(28)24-12(2)25-23/h3-10,16H,1-2H3,(H,24,25,28). The molecule has 1 N–H and O–H groups in total. The number of hydrogen-bond acceptors (Lipinski definition) is 5. The summed E-state index contributed by atoms with van der Waals surface area (Å²) in [5.41, 5.74) is 2.41. The van der Waals surface area contributed by atoms with Crippen molar-refractivity contribution in [1.82, 2.24) is 9.97 Å². The van der Waals surface area contributed by atoms with Crippen LogP contribution in [0.5, 0.6) is 5.88 Å². The van der Waals surface area contributed by atoms with Crippen molar-refractivity contribution in [2.75, 3.05) is 0 Å². The molecule has 0 amide bonds. The quantitative estimate of drug-likeness (QED) is 0.696. The van der Waals surface area contributed by atoms with E-state index in [9.17, 15) is 14.4 Å². The van der Waals surface area contributed by atoms with Crippen LogP contribution in [0.3, 0.4) is 0 Å². The smallest absolute Gasteiger partial charge is 0.258 e. The molecule has 1 aliphatic carbocycles. The first-order chi connectivity index (χ1) is 14.0. The Balaban J connectivity index is 1.83. The van der Waals surface area contributed by atoms with E-state index in [1.807, 2.05) is 31.2 Å². The van der Waals surface area contributed by atoms with Crippen LogP contribution in [0.1, 0.15) is 49.1 Å². The first kappa shape index (κ1) is 17.3. The van der Waals surface area contributed by atoms with E-state index in [-0.39, 0.29) is 39.9 Å². The van der Waals surface area contributed by atoms with Crippen LogP contribution in [0.4, 0.5) is 0 Å². The largest absolute Gasteiger partial charge is 0.434 e. The van der Waals surface area contributed by atoms with Crippen molar-refractivity contribution in [2.45, 2.75) is 19.8 Å². The molecule has 2 heterocycles. The van der Waals surface area contributed by atoms with Crippen LogP contribution in [0, 0.1) is 13.8 Å². The number of aromatic nitrogens is 2. The Bertz CT molecular complexity index is 1300. The molecule has 0 fully saturated rings. The van der Waals surface area contributed by atoms with Gasteiger partial charge in [-0.3, -0.25) is 14.4 Å². The van der Waals surface area contributed by atoms with Crippen molar-refractivity contribution in [1.29, 1.82) is 0 Å². The van der Waals surface area contributed by atoms with Crippen molar-refractivity contribution in [3.63, 3.8) is 0 Å². The van der Waals surface area contributed by atoms with E-state index in [0.29, 0.717) is 17.0 Å². The summed E-state index contributed by atoms with van der Waals surface area (Å²) in [6.45, 7) is 3.59. The third kappa shape index (κ3) is 2.49. The molecule has 0 saturated heterocycles. The topological polar surface area (TPSA) is 89.1 Å². The second-order valence-corrected chi connectivity index (χ2v) is 7.26. The molecular weight excluding hydrogens is 368 g/mol. The number of carbonyl (C=O) groups excluding carboxylic acids is 2. The summed E-state index contributed by atoms with van der Waals surface area (Å²) in [5, 5.41) is 0. The minimum Gasteiger partial charge on any atom is -0.434 e. The molecule has 1 atom stereocenters. The highest BCUT2D eigenvalue weighted by Gasteiger charge is 2.44. The van der Waals surface area contributed by atoms with Gasteiger partial charge >= 0.3 is 0 Å². The summed E-state index contributed by atoms with van der Waals surface area (Å²) in [7, 11) is 0. The maximum atomic E-state index is 13.4. The fraction of sp³-hybridized carbons (Fsp3) is 0.130. The molecule has 2 aromatic carbocycles. The molecular formula is C23H16N2O4. The third-order valence-corrected chi connectivity index (χ3v) is 5.34. The SMILES string of the molecule is Cc1ccc(C2C3=C(Oc4nc(C)[nH]c(=O)c42)C(=O)c2ccccc2C3=O)cc1. The number of rotatable bonds is 1. The Hall–Kier alpha value is -3.80. The van der Waals surface area contributed by atoms with Crippen LogP contribution in [-0.2, 0) is 0 Å². The maximum absolute atomic E-state index is 13.4. The highest BCUT2D eigenvalue weighted by molar-refractivity contribution is 6.27. The van der Waals surface area contributed by atoms with Gasteiger partial charge in [0.05, 0.1) is 17.1 Å². The monoisotopic (exact) mass is 384 g/mol. The molecule has 0 spiro atoms. The number of ketones is 2. The second-order valence-electron chi connectivity index (χ2n) is 7.26. The molecule has 0 saturated carbocycles. The molecule has 142 valence electrons. The molecule has 3 aromatic rings. The normalized spacial score (nSPS) is 17.4. The number of aromatic amines is 1. The van der Waals surface area contributed by atoms with Gasteiger partial charge in [-0.15, -0.1) is 0 Å². The Morgan fingerprint density at radius 1 is 0.897 bits per heavy atom. The van der Waals surface area contributed by atoms with E-state index >= 15 is 0 Å². The predicted molar refractivity (Wildman–Crippen MR) is 105 cm³/mol. The minimum absolute atomic E-state index is 0.0516. The molecule has 0 radical (unpaired) electrons. The Morgan fingerprint density at radius 3 is 2.24 bits per heavy atom. The van der Waals surface area contributed by atoms with Crippen LogP contribution >= 0.6 is 0 Å². The number of nitrogens with one attached hydrogen (secondary N) is 1. The van der Waals surface area contributed by atoms with Crippen molar-refractivity contribution in [3.05, 3.63) is 104 Å². The van der Waals surface area contributed by atoms with E-state index in [1.54, 1.807) is 31.2 Å². The third-order valence-electron chi connectivity index (χ3n) is 5.34. The average molecular weight is 384 g/mol. The van der Waals surface area contributed by atoms with Crippen LogP contribution in [0.2, 0.25) is 0 Å².